The van der Waals surface area contributed by atoms with Crippen LogP contribution in [-0.2, 0) is 14.8 Å². The predicted molar refractivity (Wildman–Crippen MR) is 56.3 cm³/mol. The molecule has 0 aromatic carbocycles. The number of nitrogens with one attached hydrogen (secondary N) is 1. The molecule has 0 atom stereocenters. The first-order valence-corrected chi connectivity index (χ1v) is 5.93. The van der Waals surface area contributed by atoms with Crippen molar-refractivity contribution in [2.45, 2.75) is 46.3 Å². The van der Waals surface area contributed by atoms with Gasteiger partial charge in [-0.05, 0) is 20.8 Å². The van der Waals surface area contributed by atoms with Crippen LogP contribution in [0.2, 0.25) is 0 Å². The third-order valence-corrected chi connectivity index (χ3v) is 3.78. The molecule has 0 aliphatic rings. The van der Waals surface area contributed by atoms with Crippen molar-refractivity contribution < 1.29 is 13.2 Å². The maximum absolute atomic E-state index is 11.6. The summed E-state index contributed by atoms with van der Waals surface area (Å²) < 4.78 is 24.3. The third kappa shape index (κ3) is 3.29. The smallest absolute Gasteiger partial charge is 0.239 e. The van der Waals surface area contributed by atoms with Crippen molar-refractivity contribution in [2.24, 2.45) is 5.41 Å². The molecule has 0 saturated heterocycles. The van der Waals surface area contributed by atoms with Gasteiger partial charge in [0.15, 0.2) is 0 Å². The minimum absolute atomic E-state index is 0.479. The minimum Gasteiger partial charge on any atom is -0.273 e. The molecule has 0 aliphatic carbocycles. The quantitative estimate of drug-likeness (QED) is 0.725. The van der Waals surface area contributed by atoms with Crippen LogP contribution in [0, 0.1) is 5.41 Å². The number of rotatable bonds is 1. The topological polar surface area (TPSA) is 63.2 Å². The Morgan fingerprint density at radius 1 is 1.00 bits per heavy atom. The fraction of sp³-hybridized carbons (Fsp3) is 0.889. The van der Waals surface area contributed by atoms with Crippen LogP contribution >= 0.6 is 0 Å². The summed E-state index contributed by atoms with van der Waals surface area (Å²) in [5, 5.41) is 0. The summed E-state index contributed by atoms with van der Waals surface area (Å²) >= 11 is 0. The molecule has 84 valence electrons. The van der Waals surface area contributed by atoms with Gasteiger partial charge in [0, 0.05) is 5.41 Å². The van der Waals surface area contributed by atoms with E-state index in [1.165, 1.54) is 0 Å². The number of sulfonamides is 1. The Morgan fingerprint density at radius 2 is 1.36 bits per heavy atom. The van der Waals surface area contributed by atoms with Crippen molar-refractivity contribution in [2.75, 3.05) is 0 Å². The zero-order chi connectivity index (χ0) is 11.8. The van der Waals surface area contributed by atoms with Gasteiger partial charge in [-0.3, -0.25) is 9.52 Å². The first-order valence-electron chi connectivity index (χ1n) is 4.45. The lowest BCUT2D eigenvalue weighted by Crippen LogP contribution is -2.46. The van der Waals surface area contributed by atoms with E-state index in [-0.39, 0.29) is 0 Å². The molecule has 0 bridgehead atoms. The Kier molecular flexibility index (Phi) is 3.38. The zero-order valence-electron chi connectivity index (χ0n) is 9.63. The lowest BCUT2D eigenvalue weighted by Gasteiger charge is -2.23. The molecular weight excluding hydrogens is 202 g/mol. The molecule has 14 heavy (non-hydrogen) atoms. The zero-order valence-corrected chi connectivity index (χ0v) is 10.4. The maximum Gasteiger partial charge on any atom is 0.239 e. The minimum atomic E-state index is -3.58. The molecule has 0 aromatic heterocycles. The van der Waals surface area contributed by atoms with Crippen LogP contribution in [0.15, 0.2) is 0 Å². The molecule has 0 saturated carbocycles. The molecule has 0 aromatic rings. The highest BCUT2D eigenvalue weighted by molar-refractivity contribution is 7.91. The van der Waals surface area contributed by atoms with Gasteiger partial charge >= 0.3 is 0 Å². The molecule has 0 aliphatic heterocycles. The molecule has 0 heterocycles. The van der Waals surface area contributed by atoms with E-state index in [9.17, 15) is 13.2 Å². The van der Waals surface area contributed by atoms with Crippen molar-refractivity contribution >= 4 is 15.9 Å². The van der Waals surface area contributed by atoms with Gasteiger partial charge in [-0.25, -0.2) is 8.42 Å². The second-order valence-electron chi connectivity index (χ2n) is 5.30. The van der Waals surface area contributed by atoms with Crippen molar-refractivity contribution in [1.29, 1.82) is 0 Å². The molecule has 0 rings (SSSR count). The number of carbonyl (C=O) groups is 1. The molecule has 0 unspecified atom stereocenters. The van der Waals surface area contributed by atoms with E-state index >= 15 is 0 Å². The highest BCUT2D eigenvalue weighted by Gasteiger charge is 2.33. The van der Waals surface area contributed by atoms with Gasteiger partial charge in [0.2, 0.25) is 15.9 Å². The van der Waals surface area contributed by atoms with Crippen LogP contribution in [0.3, 0.4) is 0 Å². The van der Waals surface area contributed by atoms with E-state index in [4.69, 9.17) is 0 Å². The van der Waals surface area contributed by atoms with Gasteiger partial charge in [0.1, 0.15) is 0 Å². The summed E-state index contributed by atoms with van der Waals surface area (Å²) in [7, 11) is -3.58. The second-order valence-corrected chi connectivity index (χ2v) is 7.73. The number of amides is 1. The summed E-state index contributed by atoms with van der Waals surface area (Å²) in [5.74, 6) is -0.479. The van der Waals surface area contributed by atoms with E-state index in [0.717, 1.165) is 0 Å². The molecular formula is C9H19NO3S. The normalized spacial score (nSPS) is 13.9. The monoisotopic (exact) mass is 221 g/mol. The number of hydrogen-bond acceptors (Lipinski definition) is 3. The summed E-state index contributed by atoms with van der Waals surface area (Å²) in [6, 6.07) is 0. The van der Waals surface area contributed by atoms with E-state index in [2.05, 4.69) is 4.72 Å². The lowest BCUT2D eigenvalue weighted by atomic mass is 9.96. The Hall–Kier alpha value is -0.580. The van der Waals surface area contributed by atoms with Gasteiger partial charge in [0.05, 0.1) is 4.75 Å². The van der Waals surface area contributed by atoms with Crippen molar-refractivity contribution in [3.05, 3.63) is 0 Å². The third-order valence-electron chi connectivity index (χ3n) is 1.71. The van der Waals surface area contributed by atoms with Crippen LogP contribution < -0.4 is 4.72 Å². The average Bonchev–Trinajstić information content (AvgIpc) is 1.80. The van der Waals surface area contributed by atoms with E-state index in [0.29, 0.717) is 0 Å². The largest absolute Gasteiger partial charge is 0.273 e. The van der Waals surface area contributed by atoms with E-state index in [1.54, 1.807) is 41.5 Å². The second kappa shape index (κ2) is 3.53. The summed E-state index contributed by atoms with van der Waals surface area (Å²) in [4.78, 5) is 11.4. The summed E-state index contributed by atoms with van der Waals surface area (Å²) in [6.45, 7) is 9.64. The lowest BCUT2D eigenvalue weighted by molar-refractivity contribution is -0.126. The standard InChI is InChI=1S/C9H19NO3S/c1-8(2,3)7(11)10-14(12,13)9(4,5)6/h1-6H3,(H,10,11). The first-order chi connectivity index (χ1) is 5.88. The SMILES string of the molecule is CC(C)(C)C(=O)NS(=O)(=O)C(C)(C)C. The highest BCUT2D eigenvalue weighted by atomic mass is 32.2. The molecule has 1 amide bonds. The number of hydrogen-bond donors (Lipinski definition) is 1. The number of carbonyl (C=O) groups excluding carboxylic acids is 1. The van der Waals surface area contributed by atoms with Crippen molar-refractivity contribution in [3.8, 4) is 0 Å². The van der Waals surface area contributed by atoms with Gasteiger partial charge in [0.25, 0.3) is 0 Å². The van der Waals surface area contributed by atoms with Gasteiger partial charge in [-0.2, -0.15) is 0 Å². The van der Waals surface area contributed by atoms with E-state index < -0.39 is 26.1 Å². The average molecular weight is 221 g/mol. The highest BCUT2D eigenvalue weighted by Crippen LogP contribution is 2.17. The molecule has 0 radical (unpaired) electrons. The molecule has 4 nitrogen and oxygen atoms in total. The Bertz CT molecular complexity index is 317. The fourth-order valence-electron chi connectivity index (χ4n) is 0.428. The summed E-state index contributed by atoms with van der Waals surface area (Å²) in [6.07, 6.45) is 0. The van der Waals surface area contributed by atoms with Crippen LogP contribution in [-0.4, -0.2) is 19.1 Å². The summed E-state index contributed by atoms with van der Waals surface area (Å²) in [5.41, 5.74) is -0.696. The molecule has 0 spiro atoms. The Morgan fingerprint density at radius 3 is 1.57 bits per heavy atom. The van der Waals surface area contributed by atoms with Gasteiger partial charge in [-0.15, -0.1) is 0 Å². The fourth-order valence-corrected chi connectivity index (χ4v) is 1.28. The van der Waals surface area contributed by atoms with Crippen LogP contribution in [0.1, 0.15) is 41.5 Å². The molecule has 5 heteroatoms. The van der Waals surface area contributed by atoms with Crippen LogP contribution in [0.4, 0.5) is 0 Å². The van der Waals surface area contributed by atoms with Crippen LogP contribution in [0.25, 0.3) is 0 Å². The van der Waals surface area contributed by atoms with Gasteiger partial charge in [-0.1, -0.05) is 20.8 Å². The van der Waals surface area contributed by atoms with Crippen molar-refractivity contribution in [3.63, 3.8) is 0 Å². The van der Waals surface area contributed by atoms with Crippen LogP contribution in [0.5, 0.6) is 0 Å². The van der Waals surface area contributed by atoms with Gasteiger partial charge < -0.3 is 0 Å². The molecule has 0 fully saturated rings. The predicted octanol–water partition coefficient (Wildman–Crippen LogP) is 1.28. The van der Waals surface area contributed by atoms with E-state index in [1.807, 2.05) is 0 Å². The Balaban J connectivity index is 4.82. The van der Waals surface area contributed by atoms with Crippen molar-refractivity contribution in [1.82, 2.24) is 4.72 Å². The maximum atomic E-state index is 11.6. The molecule has 1 N–H and O–H groups in total. The first kappa shape index (κ1) is 13.4. The Labute approximate surface area is 86.1 Å².